The highest BCUT2D eigenvalue weighted by Crippen LogP contribution is 2.43. The molecule has 2 aliphatic rings. The van der Waals surface area contributed by atoms with Crippen LogP contribution >= 0.6 is 15.9 Å². The van der Waals surface area contributed by atoms with Crippen LogP contribution in [0.25, 0.3) is 0 Å². The topological polar surface area (TPSA) is 78.3 Å². The van der Waals surface area contributed by atoms with E-state index < -0.39 is 14.3 Å². The fraction of sp³-hybridized carbons (Fsp3) is 0.361. The van der Waals surface area contributed by atoms with Gasteiger partial charge in [0.05, 0.1) is 0 Å². The Kier molecular flexibility index (Phi) is 10.8. The maximum absolute atomic E-state index is 10.4. The second-order valence-electron chi connectivity index (χ2n) is 13.1. The van der Waals surface area contributed by atoms with Gasteiger partial charge in [0.1, 0.15) is 24.0 Å². The van der Waals surface area contributed by atoms with Gasteiger partial charge >= 0.3 is 0 Å². The lowest BCUT2D eigenvalue weighted by atomic mass is 10.0. The predicted molar refractivity (Wildman–Crippen MR) is 188 cm³/mol. The van der Waals surface area contributed by atoms with Crippen LogP contribution in [0.5, 0.6) is 0 Å². The van der Waals surface area contributed by atoms with Crippen molar-refractivity contribution in [3.63, 3.8) is 0 Å². The van der Waals surface area contributed by atoms with Crippen molar-refractivity contribution in [2.45, 2.75) is 71.7 Å². The Hall–Kier alpha value is -3.33. The van der Waals surface area contributed by atoms with Gasteiger partial charge in [-0.05, 0) is 76.5 Å². The highest BCUT2D eigenvalue weighted by Gasteiger charge is 2.44. The molecule has 2 aromatic heterocycles. The van der Waals surface area contributed by atoms with Crippen molar-refractivity contribution in [2.75, 3.05) is 23.0 Å². The number of aliphatic hydroxyl groups is 1. The lowest BCUT2D eigenvalue weighted by molar-refractivity contribution is 0.112. The summed E-state index contributed by atoms with van der Waals surface area (Å²) in [5, 5.41) is 13.9. The first-order valence-corrected chi connectivity index (χ1v) is 19.0. The third-order valence-corrected chi connectivity index (χ3v) is 14.8. The van der Waals surface area contributed by atoms with Gasteiger partial charge in [-0.1, -0.05) is 93.5 Å². The number of hydrogen-bond donors (Lipinski definition) is 2. The van der Waals surface area contributed by atoms with Gasteiger partial charge in [0.25, 0.3) is 0 Å². The lowest BCUT2D eigenvalue weighted by Gasteiger charge is -2.44. The smallest absolute Gasteiger partial charge is 0.157 e. The Morgan fingerprint density at radius 3 is 2.16 bits per heavy atom. The van der Waals surface area contributed by atoms with Crippen LogP contribution in [0.4, 0.5) is 11.6 Å². The third-order valence-electron chi connectivity index (χ3n) is 8.88. The van der Waals surface area contributed by atoms with E-state index in [1.165, 1.54) is 28.1 Å². The molecule has 0 fully saturated rings. The maximum atomic E-state index is 10.4. The molecule has 0 saturated heterocycles. The highest BCUT2D eigenvalue weighted by atomic mass is 79.9. The molecule has 2 N–H and O–H groups in total. The van der Waals surface area contributed by atoms with Crippen molar-refractivity contribution in [3.8, 4) is 0 Å². The van der Waals surface area contributed by atoms with Crippen molar-refractivity contribution in [1.82, 2.24) is 9.97 Å². The first-order valence-electron chi connectivity index (χ1n) is 15.2. The summed E-state index contributed by atoms with van der Waals surface area (Å²) < 4.78 is 3.68. The number of carbonyl (C=O) groups excluding carboxylic acids is 1. The molecular weight excluding hydrogens is 628 g/mol. The average molecular weight is 674 g/mol. The van der Waals surface area contributed by atoms with E-state index in [0.717, 1.165) is 59.2 Å². The minimum atomic E-state index is -1.48. The first kappa shape index (κ1) is 33.6. The monoisotopic (exact) mass is 672 g/mol. The van der Waals surface area contributed by atoms with E-state index in [1.54, 1.807) is 6.20 Å². The van der Waals surface area contributed by atoms with E-state index in [4.69, 9.17) is 0 Å². The zero-order valence-electron chi connectivity index (χ0n) is 27.0. The van der Waals surface area contributed by atoms with Crippen molar-refractivity contribution in [3.05, 3.63) is 116 Å². The van der Waals surface area contributed by atoms with Crippen LogP contribution in [0, 0.1) is 13.8 Å². The number of anilines is 2. The maximum Gasteiger partial charge on any atom is 0.157 e. The number of rotatable bonds is 4. The number of nitrogens with zero attached hydrogens (tertiary/aromatic N) is 3. The number of aldehydes is 1. The molecule has 0 amide bonds. The second-order valence-corrected chi connectivity index (χ2v) is 19.2. The van der Waals surface area contributed by atoms with E-state index in [2.05, 4.69) is 75.7 Å². The number of fused-ring (bicyclic) bond motifs is 2. The largest absolute Gasteiger partial charge is 0.384 e. The molecule has 0 saturated carbocycles. The minimum absolute atomic E-state index is 0.364. The van der Waals surface area contributed by atoms with E-state index >= 15 is 0 Å². The predicted octanol–water partition coefficient (Wildman–Crippen LogP) is 8.46. The van der Waals surface area contributed by atoms with Gasteiger partial charge in [-0.25, -0.2) is 9.97 Å². The molecule has 232 valence electrons. The van der Waals surface area contributed by atoms with Gasteiger partial charge in [0.2, 0.25) is 0 Å². The summed E-state index contributed by atoms with van der Waals surface area (Å²) in [4.78, 5) is 19.1. The second kappa shape index (κ2) is 14.2. The average Bonchev–Trinajstić information content (AvgIpc) is 3.64. The van der Waals surface area contributed by atoms with Gasteiger partial charge in [-0.3, -0.25) is 4.79 Å². The summed E-state index contributed by atoms with van der Waals surface area (Å²) in [5.74, 6) is 2.18. The molecule has 6 nitrogen and oxygen atoms in total. The molecule has 2 aromatic carbocycles. The number of aliphatic hydroxyl groups excluding tert-OH is 1. The minimum Gasteiger partial charge on any atom is -0.384 e. The number of aromatic nitrogens is 2. The number of pyridine rings is 2. The standard InChI is InChI=1S/C15H16N2O.C13H21BrN2Si.C8H8O/c1-10-2-4-11(5-3-10)14(18)13-8-12-6-7-16-15(12)17-9-13;1-13(2,3)17(4,5)16-7-6-10-8-11(14)9-15-12(10)16;1-7-2-4-8(6-9)5-3-7/h2-5,8-9,14,18H,6-7H2,1H3,(H,16,17);8-9H,6-7H2,1-5H3;2-6H,1H3. The SMILES string of the molecule is CC(C)(C)[Si](C)(C)N1CCc2cc(Br)cnc21.Cc1ccc(C(O)c2cnc3c(c2)CCN3)cc1.Cc1ccc(C=O)cc1. The number of carbonyl (C=O) groups is 1. The van der Waals surface area contributed by atoms with Crippen LogP contribution in [0.1, 0.15) is 70.6 Å². The Balaban J connectivity index is 0.000000159. The number of nitrogens with one attached hydrogen (secondary N) is 1. The fourth-order valence-corrected chi connectivity index (χ4v) is 7.71. The Morgan fingerprint density at radius 2 is 1.55 bits per heavy atom. The summed E-state index contributed by atoms with van der Waals surface area (Å²) in [6, 6.07) is 19.7. The molecule has 1 atom stereocenters. The lowest BCUT2D eigenvalue weighted by Crippen LogP contribution is -2.54. The van der Waals surface area contributed by atoms with Crippen LogP contribution in [-0.2, 0) is 12.8 Å². The zero-order valence-corrected chi connectivity index (χ0v) is 29.6. The van der Waals surface area contributed by atoms with Crippen molar-refractivity contribution in [1.29, 1.82) is 0 Å². The van der Waals surface area contributed by atoms with Gasteiger partial charge < -0.3 is 15.0 Å². The molecule has 2 aliphatic heterocycles. The zero-order chi connectivity index (χ0) is 32.1. The van der Waals surface area contributed by atoms with Gasteiger partial charge in [0, 0.05) is 41.1 Å². The van der Waals surface area contributed by atoms with Crippen molar-refractivity contribution in [2.24, 2.45) is 0 Å². The van der Waals surface area contributed by atoms with Crippen molar-refractivity contribution < 1.29 is 9.90 Å². The molecule has 1 unspecified atom stereocenters. The molecule has 4 heterocycles. The summed E-state index contributed by atoms with van der Waals surface area (Å²) in [6.45, 7) is 18.1. The van der Waals surface area contributed by atoms with Crippen LogP contribution in [0.2, 0.25) is 18.1 Å². The fourth-order valence-electron chi connectivity index (χ4n) is 5.12. The van der Waals surface area contributed by atoms with Gasteiger partial charge in [-0.2, -0.15) is 0 Å². The van der Waals surface area contributed by atoms with Gasteiger partial charge in [-0.15, -0.1) is 0 Å². The first-order chi connectivity index (χ1) is 20.8. The Bertz CT molecular complexity index is 1570. The summed E-state index contributed by atoms with van der Waals surface area (Å²) in [7, 11) is -1.48. The van der Waals surface area contributed by atoms with Crippen LogP contribution in [-0.4, -0.2) is 42.7 Å². The number of halogens is 1. The molecule has 0 radical (unpaired) electrons. The molecular formula is C36H45BrN4O2Si. The Morgan fingerprint density at radius 1 is 0.909 bits per heavy atom. The van der Waals surface area contributed by atoms with E-state index in [-0.39, 0.29) is 0 Å². The molecule has 6 rings (SSSR count). The molecule has 0 bridgehead atoms. The van der Waals surface area contributed by atoms with Gasteiger partial charge in [0.15, 0.2) is 8.24 Å². The van der Waals surface area contributed by atoms with E-state index in [9.17, 15) is 9.90 Å². The van der Waals surface area contributed by atoms with E-state index in [0.29, 0.717) is 5.04 Å². The van der Waals surface area contributed by atoms with E-state index in [1.807, 2.05) is 74.6 Å². The molecule has 4 aromatic rings. The van der Waals surface area contributed by atoms with Crippen LogP contribution in [0.15, 0.2) is 77.5 Å². The molecule has 44 heavy (non-hydrogen) atoms. The molecule has 0 spiro atoms. The number of benzene rings is 2. The normalized spacial score (nSPS) is 14.2. The third kappa shape index (κ3) is 8.03. The number of hydrogen-bond acceptors (Lipinski definition) is 6. The molecule has 8 heteroatoms. The summed E-state index contributed by atoms with van der Waals surface area (Å²) in [5.41, 5.74) is 7.47. The molecule has 0 aliphatic carbocycles. The summed E-state index contributed by atoms with van der Waals surface area (Å²) in [6.07, 6.45) is 6.04. The quantitative estimate of drug-likeness (QED) is 0.167. The highest BCUT2D eigenvalue weighted by molar-refractivity contribution is 9.10. The number of aryl methyl sites for hydroxylation is 2. The van der Waals surface area contributed by atoms with Crippen LogP contribution < -0.4 is 9.88 Å². The Labute approximate surface area is 272 Å². The summed E-state index contributed by atoms with van der Waals surface area (Å²) >= 11 is 3.51. The van der Waals surface area contributed by atoms with Crippen LogP contribution in [0.3, 0.4) is 0 Å². The van der Waals surface area contributed by atoms with Crippen molar-refractivity contribution >= 4 is 42.1 Å².